The first-order chi connectivity index (χ1) is 17.2. The van der Waals surface area contributed by atoms with E-state index in [1.165, 1.54) is 12.0 Å². The van der Waals surface area contributed by atoms with Crippen molar-refractivity contribution in [2.75, 3.05) is 23.9 Å². The average molecular weight is 565 g/mol. The number of nitrogens with two attached hydrogens (primary N) is 4. The van der Waals surface area contributed by atoms with E-state index in [1.54, 1.807) is 11.8 Å². The minimum atomic E-state index is -0.832. The Morgan fingerprint density at radius 1 is 1.03 bits per heavy atom. The van der Waals surface area contributed by atoms with E-state index in [0.717, 1.165) is 15.9 Å². The van der Waals surface area contributed by atoms with Crippen LogP contribution in [0.25, 0.3) is 11.0 Å². The number of ether oxygens (including phenoxy) is 1. The number of aliphatic imine (C=N–C) groups is 1. The van der Waals surface area contributed by atoms with E-state index in [-0.39, 0.29) is 34.9 Å². The Bertz CT molecular complexity index is 1430. The summed E-state index contributed by atoms with van der Waals surface area (Å²) in [5.74, 6) is -1.13. The van der Waals surface area contributed by atoms with Crippen molar-refractivity contribution in [2.24, 2.45) is 16.5 Å². The summed E-state index contributed by atoms with van der Waals surface area (Å²) in [6.07, 6.45) is -0.548. The zero-order chi connectivity index (χ0) is 26.2. The van der Waals surface area contributed by atoms with Gasteiger partial charge in [0.1, 0.15) is 0 Å². The maximum absolute atomic E-state index is 11.3. The summed E-state index contributed by atoms with van der Waals surface area (Å²) in [4.78, 5) is 42.5. The van der Waals surface area contributed by atoms with Crippen LogP contribution < -0.4 is 28.3 Å². The number of anilines is 3. The highest BCUT2D eigenvalue weighted by Crippen LogP contribution is 2.29. The minimum absolute atomic E-state index is 0. The van der Waals surface area contributed by atoms with Gasteiger partial charge in [0.05, 0.1) is 18.1 Å². The van der Waals surface area contributed by atoms with Gasteiger partial charge in [-0.3, -0.25) is 10.1 Å². The van der Waals surface area contributed by atoms with Gasteiger partial charge >= 0.3 is 12.0 Å². The van der Waals surface area contributed by atoms with Crippen LogP contribution in [0.3, 0.4) is 0 Å². The molecule has 0 unspecified atom stereocenters. The van der Waals surface area contributed by atoms with Crippen molar-refractivity contribution in [2.45, 2.75) is 9.79 Å². The molecule has 10 N–H and O–H groups in total. The fourth-order valence-electron chi connectivity index (χ4n) is 2.65. The van der Waals surface area contributed by atoms with Crippen LogP contribution in [-0.2, 0) is 4.74 Å². The highest BCUT2D eigenvalue weighted by atomic mass is 35.5. The number of nitrogens with zero attached hydrogens (tertiary/aromatic N) is 4. The Kier molecular flexibility index (Phi) is 10.3. The van der Waals surface area contributed by atoms with E-state index in [2.05, 4.69) is 47.1 Å². The third kappa shape index (κ3) is 8.13. The number of hydrogen-bond acceptors (Lipinski definition) is 9. The third-order valence-corrected chi connectivity index (χ3v) is 5.45. The number of hydrogen-bond donors (Lipinski definition) is 6. The molecule has 0 radical (unpaired) electrons. The monoisotopic (exact) mass is 564 g/mol. The van der Waals surface area contributed by atoms with Gasteiger partial charge in [-0.2, -0.15) is 4.99 Å². The number of nitrogen functional groups attached to an aromatic ring is 2. The second-order valence-electron chi connectivity index (χ2n) is 6.77. The molecular formula is C21H22Cl2N10O3S. The number of methoxy groups -OCH3 is 1. The number of aromatic nitrogens is 4. The molecule has 4 aromatic rings. The molecule has 0 aliphatic carbocycles. The van der Waals surface area contributed by atoms with Crippen LogP contribution in [0.5, 0.6) is 0 Å². The van der Waals surface area contributed by atoms with E-state index in [1.807, 2.05) is 36.4 Å². The SMILES string of the molecule is COC(=O)Nc1nc2ccc(Sc3ccccc3)cc2[nH]1.Cl.NC(N)=NC(=O)c1nc(Cl)c(N)nc1N. The second kappa shape index (κ2) is 13.2. The van der Waals surface area contributed by atoms with E-state index >= 15 is 0 Å². The molecule has 2 amide bonds. The van der Waals surface area contributed by atoms with Gasteiger partial charge in [0, 0.05) is 9.79 Å². The van der Waals surface area contributed by atoms with Crippen molar-refractivity contribution in [3.8, 4) is 0 Å². The molecule has 0 bridgehead atoms. The first-order valence-electron chi connectivity index (χ1n) is 9.96. The highest BCUT2D eigenvalue weighted by molar-refractivity contribution is 7.99. The largest absolute Gasteiger partial charge is 0.453 e. The average Bonchev–Trinajstić information content (AvgIpc) is 3.23. The molecule has 194 valence electrons. The van der Waals surface area contributed by atoms with Crippen LogP contribution in [-0.4, -0.2) is 45.0 Å². The number of rotatable bonds is 4. The van der Waals surface area contributed by atoms with Crippen molar-refractivity contribution in [3.05, 3.63) is 59.4 Å². The van der Waals surface area contributed by atoms with Gasteiger partial charge in [0.25, 0.3) is 0 Å². The van der Waals surface area contributed by atoms with Crippen molar-refractivity contribution >= 4 is 82.3 Å². The molecule has 0 spiro atoms. The van der Waals surface area contributed by atoms with Gasteiger partial charge in [0.15, 0.2) is 28.4 Å². The molecule has 0 saturated heterocycles. The smallest absolute Gasteiger partial charge is 0.413 e. The molecule has 0 aliphatic rings. The number of imidazole rings is 1. The Balaban J connectivity index is 0.000000268. The zero-order valence-electron chi connectivity index (χ0n) is 19.1. The Morgan fingerprint density at radius 2 is 1.73 bits per heavy atom. The lowest BCUT2D eigenvalue weighted by Crippen LogP contribution is -2.24. The Labute approximate surface area is 225 Å². The fourth-order valence-corrected chi connectivity index (χ4v) is 3.66. The van der Waals surface area contributed by atoms with Crippen molar-refractivity contribution < 1.29 is 14.3 Å². The quantitative estimate of drug-likeness (QED) is 0.156. The maximum Gasteiger partial charge on any atom is 0.413 e. The van der Waals surface area contributed by atoms with Gasteiger partial charge in [-0.15, -0.1) is 12.4 Å². The summed E-state index contributed by atoms with van der Waals surface area (Å²) in [6, 6.07) is 16.1. The first-order valence-corrected chi connectivity index (χ1v) is 11.2. The summed E-state index contributed by atoms with van der Waals surface area (Å²) in [7, 11) is 1.31. The van der Waals surface area contributed by atoms with Gasteiger partial charge in [-0.25, -0.2) is 19.7 Å². The van der Waals surface area contributed by atoms with Gasteiger partial charge in [-0.05, 0) is 30.3 Å². The van der Waals surface area contributed by atoms with E-state index < -0.39 is 18.0 Å². The lowest BCUT2D eigenvalue weighted by molar-refractivity contribution is 0.0998. The van der Waals surface area contributed by atoms with Crippen LogP contribution in [0.2, 0.25) is 5.15 Å². The number of amides is 2. The molecule has 13 nitrogen and oxygen atoms in total. The molecule has 0 saturated carbocycles. The number of benzene rings is 2. The minimum Gasteiger partial charge on any atom is -0.453 e. The Morgan fingerprint density at radius 3 is 2.38 bits per heavy atom. The van der Waals surface area contributed by atoms with Gasteiger partial charge < -0.3 is 32.7 Å². The topological polar surface area (TPSA) is 226 Å². The number of H-pyrrole nitrogens is 1. The van der Waals surface area contributed by atoms with Gasteiger partial charge in [-0.1, -0.05) is 41.6 Å². The van der Waals surface area contributed by atoms with E-state index in [4.69, 9.17) is 34.5 Å². The van der Waals surface area contributed by atoms with E-state index in [9.17, 15) is 9.59 Å². The van der Waals surface area contributed by atoms with Gasteiger partial charge in [0.2, 0.25) is 5.95 Å². The molecule has 37 heavy (non-hydrogen) atoms. The predicted molar refractivity (Wildman–Crippen MR) is 146 cm³/mol. The standard InChI is InChI=1S/C15H13N3O2S.C6H8ClN7O.ClH/c1-20-15(19)18-14-16-12-8-7-11(9-13(12)17-14)21-10-5-3-2-4-6-10;7-2-4(9)13-3(8)1(12-2)5(15)14-6(10)11;/h2-9H,1H3,(H2,16,17,18,19);(H4,8,9,13)(H4,10,11,14,15);1H. The molecule has 4 rings (SSSR count). The number of fused-ring (bicyclic) bond motifs is 1. The summed E-state index contributed by atoms with van der Waals surface area (Å²) in [5, 5.41) is 2.38. The zero-order valence-corrected chi connectivity index (χ0v) is 21.5. The predicted octanol–water partition coefficient (Wildman–Crippen LogP) is 3.02. The Hall–Kier alpha value is -4.27. The molecule has 2 heterocycles. The lowest BCUT2D eigenvalue weighted by atomic mass is 10.3. The first kappa shape index (κ1) is 29.0. The molecule has 2 aromatic heterocycles. The van der Waals surface area contributed by atoms with Crippen LogP contribution in [0.15, 0.2) is 63.3 Å². The number of nitrogens with one attached hydrogen (secondary N) is 2. The molecule has 0 fully saturated rings. The van der Waals surface area contributed by atoms with Crippen LogP contribution >= 0.6 is 35.8 Å². The maximum atomic E-state index is 11.3. The molecular weight excluding hydrogens is 543 g/mol. The normalized spacial score (nSPS) is 9.89. The molecule has 16 heteroatoms. The molecule has 2 aromatic carbocycles. The van der Waals surface area contributed by atoms with Crippen molar-refractivity contribution in [1.29, 1.82) is 0 Å². The number of carbonyl (C=O) groups excluding carboxylic acids is 2. The third-order valence-electron chi connectivity index (χ3n) is 4.18. The highest BCUT2D eigenvalue weighted by Gasteiger charge is 2.15. The number of carbonyl (C=O) groups is 2. The van der Waals surface area contributed by atoms with Crippen LogP contribution in [0.1, 0.15) is 10.5 Å². The number of halogens is 2. The number of guanidine groups is 1. The summed E-state index contributed by atoms with van der Waals surface area (Å²) in [6.45, 7) is 0. The summed E-state index contributed by atoms with van der Waals surface area (Å²) >= 11 is 7.22. The van der Waals surface area contributed by atoms with Crippen LogP contribution in [0.4, 0.5) is 22.4 Å². The van der Waals surface area contributed by atoms with Crippen molar-refractivity contribution in [1.82, 2.24) is 19.9 Å². The second-order valence-corrected chi connectivity index (χ2v) is 8.28. The van der Waals surface area contributed by atoms with E-state index in [0.29, 0.717) is 5.95 Å². The molecule has 0 aliphatic heterocycles. The fraction of sp³-hybridized carbons (Fsp3) is 0.0476. The molecule has 0 atom stereocenters. The lowest BCUT2D eigenvalue weighted by Gasteiger charge is -2.02. The van der Waals surface area contributed by atoms with Crippen molar-refractivity contribution in [3.63, 3.8) is 0 Å². The summed E-state index contributed by atoms with van der Waals surface area (Å²) < 4.78 is 4.54. The summed E-state index contributed by atoms with van der Waals surface area (Å²) in [5.41, 5.74) is 22.1. The van der Waals surface area contributed by atoms with Crippen LogP contribution in [0, 0.1) is 0 Å². The number of aromatic amines is 1.